The van der Waals surface area contributed by atoms with Gasteiger partial charge >= 0.3 is 18.0 Å². The van der Waals surface area contributed by atoms with Gasteiger partial charge in [0, 0.05) is 13.1 Å². The first-order valence-electron chi connectivity index (χ1n) is 10.3. The number of ether oxygens (including phenoxy) is 2. The van der Waals surface area contributed by atoms with Crippen LogP contribution in [0.3, 0.4) is 0 Å². The molecule has 0 radical (unpaired) electrons. The highest BCUT2D eigenvalue weighted by molar-refractivity contribution is 5.85. The third-order valence-electron chi connectivity index (χ3n) is 5.28. The lowest BCUT2D eigenvalue weighted by molar-refractivity contribution is -0.346. The van der Waals surface area contributed by atoms with Gasteiger partial charge in [-0.25, -0.2) is 4.39 Å². The lowest BCUT2D eigenvalue weighted by Gasteiger charge is -2.32. The molecule has 12 heteroatoms. The van der Waals surface area contributed by atoms with Gasteiger partial charge in [-0.05, 0) is 53.8 Å². The third-order valence-corrected chi connectivity index (χ3v) is 5.28. The van der Waals surface area contributed by atoms with Crippen LogP contribution in [-0.2, 0) is 24.2 Å². The van der Waals surface area contributed by atoms with Gasteiger partial charge in [-0.15, -0.1) is 0 Å². The molecule has 2 rings (SSSR count). The molecule has 0 aliphatic rings. The largest absolute Gasteiger partial charge is 0.496 e. The Hall–Kier alpha value is -3.05. The highest BCUT2D eigenvalue weighted by Crippen LogP contribution is 2.47. The van der Waals surface area contributed by atoms with Crippen LogP contribution in [0, 0.1) is 5.82 Å². The monoisotopic (exact) mass is 513 g/mol. The first-order valence-corrected chi connectivity index (χ1v) is 10.3. The summed E-state index contributed by atoms with van der Waals surface area (Å²) in [6.07, 6.45) is -6.40. The van der Waals surface area contributed by atoms with E-state index in [4.69, 9.17) is 9.47 Å². The molecule has 0 unspecified atom stereocenters. The van der Waals surface area contributed by atoms with Crippen molar-refractivity contribution in [3.8, 4) is 11.5 Å². The van der Waals surface area contributed by atoms with Gasteiger partial charge in [-0.2, -0.15) is 30.7 Å². The van der Waals surface area contributed by atoms with Gasteiger partial charge in [-0.3, -0.25) is 4.79 Å². The Kier molecular flexibility index (Phi) is 8.61. The lowest BCUT2D eigenvalue weighted by Crippen LogP contribution is -2.60. The summed E-state index contributed by atoms with van der Waals surface area (Å²) in [6, 6.07) is 7.33. The maximum Gasteiger partial charge on any atom is 0.460 e. The van der Waals surface area contributed by atoms with Crippen LogP contribution >= 0.6 is 0 Å². The van der Waals surface area contributed by atoms with Gasteiger partial charge in [0.15, 0.2) is 0 Å². The molecule has 0 bridgehead atoms. The van der Waals surface area contributed by atoms with Crippen molar-refractivity contribution in [2.24, 2.45) is 0 Å². The van der Waals surface area contributed by atoms with Crippen LogP contribution in [0.5, 0.6) is 11.5 Å². The van der Waals surface area contributed by atoms with Crippen molar-refractivity contribution >= 4 is 5.91 Å². The zero-order valence-electron chi connectivity index (χ0n) is 19.0. The number of alkyl halides is 7. The predicted molar refractivity (Wildman–Crippen MR) is 110 cm³/mol. The first-order chi connectivity index (χ1) is 16.2. The summed E-state index contributed by atoms with van der Waals surface area (Å²) in [7, 11) is 2.70. The zero-order valence-corrected chi connectivity index (χ0v) is 19.0. The molecule has 0 fully saturated rings. The molecule has 0 spiro atoms. The van der Waals surface area contributed by atoms with E-state index in [0.29, 0.717) is 17.7 Å². The van der Waals surface area contributed by atoms with Gasteiger partial charge in [0.05, 0.1) is 14.2 Å². The molecular weight excluding hydrogens is 490 g/mol. The van der Waals surface area contributed by atoms with Gasteiger partial charge in [-0.1, -0.05) is 19.1 Å². The van der Waals surface area contributed by atoms with Crippen molar-refractivity contribution in [2.45, 2.75) is 44.3 Å². The fraction of sp³-hybridized carbons (Fsp3) is 0.435. The second kappa shape index (κ2) is 10.7. The summed E-state index contributed by atoms with van der Waals surface area (Å²) in [5, 5.41) is 0. The standard InChI is InChI=1S/C23H23F8NO3/c1-4-15-11-19(35-3)16(12-18(15)34-2)8-9-32(13-14-6-5-7-17(24)10-14)20(33)21(25,26)22(27,28)23(29,30)31/h5-7,10-12H,4,8-9,13H2,1-3H3. The Morgan fingerprint density at radius 3 is 2.00 bits per heavy atom. The molecular formula is C23H23F8NO3. The molecule has 0 aliphatic carbocycles. The number of amides is 1. The molecule has 4 nitrogen and oxygen atoms in total. The van der Waals surface area contributed by atoms with E-state index in [-0.39, 0.29) is 22.6 Å². The van der Waals surface area contributed by atoms with Gasteiger partial charge in [0.2, 0.25) is 0 Å². The Morgan fingerprint density at radius 2 is 1.49 bits per heavy atom. The molecule has 0 atom stereocenters. The molecule has 0 N–H and O–H groups in total. The van der Waals surface area contributed by atoms with Crippen LogP contribution < -0.4 is 9.47 Å². The van der Waals surface area contributed by atoms with E-state index in [0.717, 1.165) is 17.7 Å². The predicted octanol–water partition coefficient (Wildman–Crippen LogP) is 5.81. The van der Waals surface area contributed by atoms with Crippen molar-refractivity contribution in [1.82, 2.24) is 4.90 Å². The lowest BCUT2D eigenvalue weighted by atomic mass is 10.0. The summed E-state index contributed by atoms with van der Waals surface area (Å²) in [4.78, 5) is 12.5. The van der Waals surface area contributed by atoms with Gasteiger partial charge < -0.3 is 14.4 Å². The Bertz CT molecular complexity index is 1040. The minimum atomic E-state index is -6.68. The number of halogens is 8. The molecule has 0 aromatic heterocycles. The van der Waals surface area contributed by atoms with Crippen molar-refractivity contribution in [2.75, 3.05) is 20.8 Å². The second-order valence-electron chi connectivity index (χ2n) is 7.58. The number of aryl methyl sites for hydroxylation is 1. The van der Waals surface area contributed by atoms with Gasteiger partial charge in [0.1, 0.15) is 17.3 Å². The second-order valence-corrected chi connectivity index (χ2v) is 7.58. The molecule has 35 heavy (non-hydrogen) atoms. The van der Waals surface area contributed by atoms with Crippen LogP contribution in [-0.4, -0.2) is 49.6 Å². The third kappa shape index (κ3) is 5.96. The topological polar surface area (TPSA) is 38.8 Å². The number of benzene rings is 2. The minimum absolute atomic E-state index is 0.0876. The summed E-state index contributed by atoms with van der Waals surface area (Å²) < 4.78 is 118. The average Bonchev–Trinajstić information content (AvgIpc) is 2.79. The first kappa shape index (κ1) is 28.2. The molecule has 2 aromatic rings. The van der Waals surface area contributed by atoms with Gasteiger partial charge in [0.25, 0.3) is 5.91 Å². The van der Waals surface area contributed by atoms with E-state index in [1.165, 1.54) is 32.4 Å². The number of hydrogen-bond donors (Lipinski definition) is 0. The number of methoxy groups -OCH3 is 2. The van der Waals surface area contributed by atoms with E-state index in [9.17, 15) is 39.9 Å². The summed E-state index contributed by atoms with van der Waals surface area (Å²) >= 11 is 0. The number of rotatable bonds is 10. The van der Waals surface area contributed by atoms with E-state index >= 15 is 0 Å². The molecule has 0 saturated heterocycles. The van der Waals surface area contributed by atoms with E-state index in [2.05, 4.69) is 0 Å². The number of carbonyl (C=O) groups excluding carboxylic acids is 1. The van der Waals surface area contributed by atoms with Crippen LogP contribution in [0.4, 0.5) is 35.1 Å². The fourth-order valence-corrected chi connectivity index (χ4v) is 3.37. The van der Waals surface area contributed by atoms with Crippen molar-refractivity contribution in [1.29, 1.82) is 0 Å². The molecule has 0 aliphatic heterocycles. The van der Waals surface area contributed by atoms with Crippen molar-refractivity contribution in [3.63, 3.8) is 0 Å². The molecule has 194 valence electrons. The Morgan fingerprint density at radius 1 is 0.914 bits per heavy atom. The average molecular weight is 513 g/mol. The van der Waals surface area contributed by atoms with Crippen LogP contribution in [0.25, 0.3) is 0 Å². The van der Waals surface area contributed by atoms with E-state index in [1.807, 2.05) is 6.92 Å². The Labute approximate surface area is 196 Å². The quantitative estimate of drug-likeness (QED) is 0.377. The molecule has 2 aromatic carbocycles. The van der Waals surface area contributed by atoms with Crippen LogP contribution in [0.1, 0.15) is 23.6 Å². The molecule has 1 amide bonds. The molecule has 0 heterocycles. The summed E-state index contributed by atoms with van der Waals surface area (Å²) in [5.74, 6) is -15.6. The summed E-state index contributed by atoms with van der Waals surface area (Å²) in [6.45, 7) is 0.287. The van der Waals surface area contributed by atoms with E-state index in [1.54, 1.807) is 6.07 Å². The Balaban J connectivity index is 2.45. The smallest absolute Gasteiger partial charge is 0.460 e. The number of nitrogens with zero attached hydrogens (tertiary/aromatic N) is 1. The van der Waals surface area contributed by atoms with Crippen molar-refractivity contribution in [3.05, 3.63) is 58.9 Å². The maximum absolute atomic E-state index is 14.2. The summed E-state index contributed by atoms with van der Waals surface area (Å²) in [5.41, 5.74) is 0.969. The van der Waals surface area contributed by atoms with E-state index < -0.39 is 42.8 Å². The SMILES string of the molecule is CCc1cc(OC)c(CCN(Cc2cccc(F)c2)C(=O)C(F)(F)C(F)(F)C(F)(F)F)cc1OC. The molecule has 0 saturated carbocycles. The fourth-order valence-electron chi connectivity index (χ4n) is 3.37. The number of carbonyl (C=O) groups is 1. The zero-order chi connectivity index (χ0) is 26.6. The van der Waals surface area contributed by atoms with Crippen molar-refractivity contribution < 1.29 is 49.4 Å². The highest BCUT2D eigenvalue weighted by atomic mass is 19.4. The highest BCUT2D eigenvalue weighted by Gasteiger charge is 2.76. The van der Waals surface area contributed by atoms with Crippen LogP contribution in [0.2, 0.25) is 0 Å². The van der Waals surface area contributed by atoms with Crippen LogP contribution in [0.15, 0.2) is 36.4 Å². The number of hydrogen-bond acceptors (Lipinski definition) is 3. The maximum atomic E-state index is 14.2. The minimum Gasteiger partial charge on any atom is -0.496 e. The normalized spacial score (nSPS) is 12.4.